The second kappa shape index (κ2) is 4.64. The lowest BCUT2D eigenvalue weighted by Gasteiger charge is -2.08. The van der Waals surface area contributed by atoms with Crippen LogP contribution in [0.4, 0.5) is 10.1 Å². The zero-order valence-corrected chi connectivity index (χ0v) is 9.47. The van der Waals surface area contributed by atoms with Crippen LogP contribution in [0, 0.1) is 9.39 Å². The van der Waals surface area contributed by atoms with Crippen molar-refractivity contribution in [3.63, 3.8) is 0 Å². The van der Waals surface area contributed by atoms with E-state index in [1.54, 1.807) is 6.07 Å². The monoisotopic (exact) mass is 295 g/mol. The summed E-state index contributed by atoms with van der Waals surface area (Å²) in [6, 6.07) is 2.90. The molecule has 1 rings (SSSR count). The molecule has 0 aliphatic rings. The van der Waals surface area contributed by atoms with Crippen LogP contribution in [-0.2, 0) is 0 Å². The molecule has 0 aliphatic heterocycles. The Morgan fingerprint density at radius 2 is 2.23 bits per heavy atom. The predicted molar refractivity (Wildman–Crippen MR) is 59.3 cm³/mol. The number of nitrogen functional groups attached to an aromatic ring is 1. The van der Waals surface area contributed by atoms with E-state index in [-0.39, 0.29) is 5.82 Å². The van der Waals surface area contributed by atoms with Crippen molar-refractivity contribution in [1.82, 2.24) is 0 Å². The van der Waals surface area contributed by atoms with Crippen molar-refractivity contribution in [3.05, 3.63) is 21.5 Å². The maximum Gasteiger partial charge on any atom is 0.145 e. The van der Waals surface area contributed by atoms with Crippen LogP contribution in [0.2, 0.25) is 0 Å². The lowest BCUT2D eigenvalue weighted by molar-refractivity contribution is 0.317. The fraction of sp³-hybridized carbons (Fsp3) is 0.333. The molecule has 0 unspecified atom stereocenters. The van der Waals surface area contributed by atoms with E-state index in [1.807, 2.05) is 29.5 Å². The Hall–Kier alpha value is -0.520. The van der Waals surface area contributed by atoms with Gasteiger partial charge in [-0.2, -0.15) is 0 Å². The Morgan fingerprint density at radius 3 is 2.85 bits per heavy atom. The summed E-state index contributed by atoms with van der Waals surface area (Å²) in [6.45, 7) is 2.55. The highest BCUT2D eigenvalue weighted by molar-refractivity contribution is 14.1. The molecular formula is C9H11FINO. The van der Waals surface area contributed by atoms with Gasteiger partial charge in [0, 0.05) is 6.07 Å². The number of benzene rings is 1. The van der Waals surface area contributed by atoms with Gasteiger partial charge in [-0.15, -0.1) is 0 Å². The molecule has 0 spiro atoms. The minimum atomic E-state index is -0.291. The average molecular weight is 295 g/mol. The van der Waals surface area contributed by atoms with Crippen LogP contribution in [-0.4, -0.2) is 6.61 Å². The van der Waals surface area contributed by atoms with Crippen molar-refractivity contribution in [2.75, 3.05) is 12.3 Å². The number of ether oxygens (including phenoxy) is 1. The van der Waals surface area contributed by atoms with Crippen molar-refractivity contribution in [2.24, 2.45) is 0 Å². The van der Waals surface area contributed by atoms with E-state index in [0.29, 0.717) is 21.6 Å². The summed E-state index contributed by atoms with van der Waals surface area (Å²) in [5.41, 5.74) is 6.12. The first kappa shape index (κ1) is 10.6. The van der Waals surface area contributed by atoms with Gasteiger partial charge in [-0.1, -0.05) is 6.92 Å². The van der Waals surface area contributed by atoms with Crippen LogP contribution >= 0.6 is 22.6 Å². The molecule has 0 bridgehead atoms. The summed E-state index contributed by atoms with van der Waals surface area (Å²) in [5, 5.41) is 0. The summed E-state index contributed by atoms with van der Waals surface area (Å²) in [4.78, 5) is 0. The fourth-order valence-electron chi connectivity index (χ4n) is 0.881. The van der Waals surface area contributed by atoms with Gasteiger partial charge in [0.1, 0.15) is 11.6 Å². The zero-order valence-electron chi connectivity index (χ0n) is 7.31. The van der Waals surface area contributed by atoms with Gasteiger partial charge < -0.3 is 10.5 Å². The molecule has 0 saturated heterocycles. The van der Waals surface area contributed by atoms with Crippen molar-refractivity contribution >= 4 is 28.3 Å². The third-order valence-electron chi connectivity index (χ3n) is 1.51. The van der Waals surface area contributed by atoms with Crippen molar-refractivity contribution < 1.29 is 9.13 Å². The van der Waals surface area contributed by atoms with Gasteiger partial charge in [0.15, 0.2) is 0 Å². The zero-order chi connectivity index (χ0) is 9.84. The van der Waals surface area contributed by atoms with Gasteiger partial charge in [-0.3, -0.25) is 0 Å². The van der Waals surface area contributed by atoms with Gasteiger partial charge >= 0.3 is 0 Å². The van der Waals surface area contributed by atoms with Gasteiger partial charge in [0.05, 0.1) is 15.9 Å². The molecule has 1 aromatic rings. The normalized spacial score (nSPS) is 10.1. The summed E-state index contributed by atoms with van der Waals surface area (Å²) >= 11 is 1.89. The summed E-state index contributed by atoms with van der Waals surface area (Å²) in [5.74, 6) is 0.140. The van der Waals surface area contributed by atoms with Crippen LogP contribution in [0.25, 0.3) is 0 Å². The number of nitrogens with two attached hydrogens (primary N) is 1. The Labute approximate surface area is 90.4 Å². The number of halogens is 2. The molecule has 0 amide bonds. The van der Waals surface area contributed by atoms with Gasteiger partial charge in [-0.05, 0) is 35.1 Å². The predicted octanol–water partition coefficient (Wildman–Crippen LogP) is 2.80. The second-order valence-corrected chi connectivity index (χ2v) is 3.81. The third-order valence-corrected chi connectivity index (χ3v) is 2.34. The highest BCUT2D eigenvalue weighted by Gasteiger charge is 2.06. The summed E-state index contributed by atoms with van der Waals surface area (Å²) in [7, 11) is 0. The Balaban J connectivity index is 2.88. The van der Waals surface area contributed by atoms with Crippen LogP contribution in [0.3, 0.4) is 0 Å². The summed E-state index contributed by atoms with van der Waals surface area (Å²) in [6.07, 6.45) is 0.882. The number of hydrogen-bond donors (Lipinski definition) is 1. The molecule has 0 aliphatic carbocycles. The van der Waals surface area contributed by atoms with Crippen molar-refractivity contribution in [3.8, 4) is 5.75 Å². The minimum Gasteiger partial charge on any atom is -0.491 e. The highest BCUT2D eigenvalue weighted by Crippen LogP contribution is 2.26. The maximum atomic E-state index is 13.0. The molecule has 72 valence electrons. The SMILES string of the molecule is CCCOc1cc(F)c(I)cc1N. The van der Waals surface area contributed by atoms with Gasteiger partial charge in [-0.25, -0.2) is 4.39 Å². The summed E-state index contributed by atoms with van der Waals surface area (Å²) < 4.78 is 18.8. The Morgan fingerprint density at radius 1 is 1.54 bits per heavy atom. The molecule has 2 nitrogen and oxygen atoms in total. The first-order valence-electron chi connectivity index (χ1n) is 4.02. The van der Waals surface area contributed by atoms with E-state index in [2.05, 4.69) is 0 Å². The van der Waals surface area contributed by atoms with E-state index in [0.717, 1.165) is 6.42 Å². The highest BCUT2D eigenvalue weighted by atomic mass is 127. The number of hydrogen-bond acceptors (Lipinski definition) is 2. The fourth-order valence-corrected chi connectivity index (χ4v) is 1.37. The van der Waals surface area contributed by atoms with Crippen LogP contribution < -0.4 is 10.5 Å². The van der Waals surface area contributed by atoms with Crippen LogP contribution in [0.15, 0.2) is 12.1 Å². The van der Waals surface area contributed by atoms with Crippen molar-refractivity contribution in [2.45, 2.75) is 13.3 Å². The molecular weight excluding hydrogens is 284 g/mol. The lowest BCUT2D eigenvalue weighted by atomic mass is 10.3. The molecule has 2 N–H and O–H groups in total. The van der Waals surface area contributed by atoms with E-state index in [1.165, 1.54) is 6.07 Å². The quantitative estimate of drug-likeness (QED) is 0.687. The Bertz CT molecular complexity index is 304. The standard InChI is InChI=1S/C9H11FINO/c1-2-3-13-9-4-6(10)7(11)5-8(9)12/h4-5H,2-3,12H2,1H3. The first-order valence-corrected chi connectivity index (χ1v) is 5.10. The molecule has 0 heterocycles. The maximum absolute atomic E-state index is 13.0. The number of rotatable bonds is 3. The third kappa shape index (κ3) is 2.72. The van der Waals surface area contributed by atoms with E-state index in [9.17, 15) is 4.39 Å². The largest absolute Gasteiger partial charge is 0.491 e. The average Bonchev–Trinajstić information content (AvgIpc) is 2.09. The Kier molecular flexibility index (Phi) is 3.77. The molecule has 4 heteroatoms. The molecule has 0 fully saturated rings. The van der Waals surface area contributed by atoms with Crippen molar-refractivity contribution in [1.29, 1.82) is 0 Å². The molecule has 0 radical (unpaired) electrons. The molecule has 0 atom stereocenters. The van der Waals surface area contributed by atoms with Gasteiger partial charge in [0.2, 0.25) is 0 Å². The molecule has 13 heavy (non-hydrogen) atoms. The van der Waals surface area contributed by atoms with E-state index in [4.69, 9.17) is 10.5 Å². The van der Waals surface area contributed by atoms with Crippen LogP contribution in [0.1, 0.15) is 13.3 Å². The first-order chi connectivity index (χ1) is 6.15. The van der Waals surface area contributed by atoms with E-state index < -0.39 is 0 Å². The van der Waals surface area contributed by atoms with E-state index >= 15 is 0 Å². The molecule has 0 saturated carbocycles. The molecule has 0 aromatic heterocycles. The minimum absolute atomic E-state index is 0.291. The second-order valence-electron chi connectivity index (χ2n) is 2.65. The van der Waals surface area contributed by atoms with Crippen LogP contribution in [0.5, 0.6) is 5.75 Å². The lowest BCUT2D eigenvalue weighted by Crippen LogP contribution is -2.00. The van der Waals surface area contributed by atoms with Gasteiger partial charge in [0.25, 0.3) is 0 Å². The number of anilines is 1. The topological polar surface area (TPSA) is 35.2 Å². The molecule has 1 aromatic carbocycles. The smallest absolute Gasteiger partial charge is 0.145 e.